The van der Waals surface area contributed by atoms with Crippen molar-refractivity contribution in [3.8, 4) is 17.1 Å². The summed E-state index contributed by atoms with van der Waals surface area (Å²) in [7, 11) is -1.63. The molecule has 0 unspecified atom stereocenters. The molecule has 2 aromatic heterocycles. The molecule has 2 aromatic rings. The normalized spacial score (nSPS) is 11.9. The van der Waals surface area contributed by atoms with Gasteiger partial charge in [-0.1, -0.05) is 45.0 Å². The molecule has 3 nitrogen and oxygen atoms in total. The molecular formula is C20H30N2OSi2. The molecule has 0 spiro atoms. The van der Waals surface area contributed by atoms with Crippen LogP contribution in [0.1, 0.15) is 41.5 Å². The van der Waals surface area contributed by atoms with E-state index >= 15 is 0 Å². The van der Waals surface area contributed by atoms with Gasteiger partial charge in [0.05, 0.1) is 35.9 Å². The maximum Gasteiger partial charge on any atom is 0.133 e. The first-order chi connectivity index (χ1) is 11.8. The summed E-state index contributed by atoms with van der Waals surface area (Å²) in [4.78, 5) is 9.26. The van der Waals surface area contributed by atoms with Crippen LogP contribution in [-0.4, -0.2) is 33.4 Å². The predicted octanol–water partition coefficient (Wildman–Crippen LogP) is 2.82. The van der Waals surface area contributed by atoms with Gasteiger partial charge in [-0.25, -0.2) is 0 Å². The van der Waals surface area contributed by atoms with Crippen molar-refractivity contribution >= 4 is 28.7 Å². The van der Waals surface area contributed by atoms with E-state index in [-0.39, 0.29) is 5.75 Å². The van der Waals surface area contributed by atoms with Crippen LogP contribution in [0.4, 0.5) is 0 Å². The van der Waals surface area contributed by atoms with Crippen molar-refractivity contribution in [3.05, 3.63) is 41.9 Å². The first kappa shape index (κ1) is 19.6. The molecule has 0 bridgehead atoms. The number of allylic oxidation sites excluding steroid dienone is 1. The van der Waals surface area contributed by atoms with Crippen LogP contribution in [0.25, 0.3) is 11.4 Å². The second-order valence-corrected chi connectivity index (χ2v) is 13.7. The van der Waals surface area contributed by atoms with Crippen molar-refractivity contribution < 1.29 is 5.11 Å². The van der Waals surface area contributed by atoms with Crippen molar-refractivity contribution in [2.75, 3.05) is 0 Å². The second kappa shape index (κ2) is 8.58. The lowest BCUT2D eigenvalue weighted by atomic mass is 10.2. The highest BCUT2D eigenvalue weighted by atomic mass is 28.3. The van der Waals surface area contributed by atoms with Gasteiger partial charge in [-0.3, -0.25) is 9.97 Å². The van der Waals surface area contributed by atoms with E-state index in [1.165, 1.54) is 22.1 Å². The third-order valence-corrected chi connectivity index (χ3v) is 10.4. The van der Waals surface area contributed by atoms with Crippen LogP contribution < -0.4 is 10.4 Å². The van der Waals surface area contributed by atoms with Crippen molar-refractivity contribution in [1.82, 2.24) is 9.97 Å². The highest BCUT2D eigenvalue weighted by Gasteiger charge is 2.26. The van der Waals surface area contributed by atoms with Crippen molar-refractivity contribution in [2.24, 2.45) is 0 Å². The van der Waals surface area contributed by atoms with E-state index < -0.39 is 18.3 Å². The Hall–Kier alpha value is -1.73. The van der Waals surface area contributed by atoms with Gasteiger partial charge >= 0.3 is 0 Å². The van der Waals surface area contributed by atoms with Gasteiger partial charge in [0.25, 0.3) is 0 Å². The van der Waals surface area contributed by atoms with Gasteiger partial charge in [-0.2, -0.15) is 0 Å². The monoisotopic (exact) mass is 370 g/mol. The van der Waals surface area contributed by atoms with Crippen LogP contribution in [0.5, 0.6) is 5.75 Å². The summed E-state index contributed by atoms with van der Waals surface area (Å²) in [5, 5.41) is 12.4. The Labute approximate surface area is 155 Å². The first-order valence-corrected chi connectivity index (χ1v) is 12.5. The fraction of sp³-hybridized carbons (Fsp3) is 0.400. The average molecular weight is 371 g/mol. The zero-order chi connectivity index (χ0) is 18.6. The number of aromatic nitrogens is 2. The molecule has 0 atom stereocenters. The molecule has 0 aromatic carbocycles. The number of hydrogen-bond donors (Lipinski definition) is 1. The summed E-state index contributed by atoms with van der Waals surface area (Å²) in [6.45, 7) is 13.7. The minimum atomic E-state index is -1.20. The quantitative estimate of drug-likeness (QED) is 0.795. The molecule has 1 N–H and O–H groups in total. The summed E-state index contributed by atoms with van der Waals surface area (Å²) in [5.74, 6) is 0.194. The Morgan fingerprint density at radius 3 is 2.28 bits per heavy atom. The number of pyridine rings is 2. The van der Waals surface area contributed by atoms with E-state index in [2.05, 4.69) is 58.3 Å². The zero-order valence-corrected chi connectivity index (χ0v) is 18.8. The molecule has 0 aliphatic carbocycles. The molecule has 0 amide bonds. The fourth-order valence-electron chi connectivity index (χ4n) is 3.44. The molecule has 0 aliphatic rings. The second-order valence-electron chi connectivity index (χ2n) is 7.68. The summed E-state index contributed by atoms with van der Waals surface area (Å²) >= 11 is 0. The fourth-order valence-corrected chi connectivity index (χ4v) is 8.78. The Kier molecular flexibility index (Phi) is 6.73. The maximum absolute atomic E-state index is 9.55. The largest absolute Gasteiger partial charge is 0.506 e. The van der Waals surface area contributed by atoms with Gasteiger partial charge in [0.1, 0.15) is 5.75 Å². The Morgan fingerprint density at radius 1 is 1.08 bits per heavy atom. The minimum Gasteiger partial charge on any atom is -0.506 e. The lowest BCUT2D eigenvalue weighted by molar-refractivity contribution is 0.473. The van der Waals surface area contributed by atoms with Crippen LogP contribution in [-0.2, 0) is 0 Å². The number of hydrogen-bond acceptors (Lipinski definition) is 3. The van der Waals surface area contributed by atoms with Crippen molar-refractivity contribution in [3.63, 3.8) is 0 Å². The molecule has 5 heteroatoms. The lowest BCUT2D eigenvalue weighted by Crippen LogP contribution is -2.40. The van der Waals surface area contributed by atoms with Crippen molar-refractivity contribution in [2.45, 2.75) is 52.6 Å². The lowest BCUT2D eigenvalue weighted by Gasteiger charge is -2.26. The van der Waals surface area contributed by atoms with E-state index in [1.807, 2.05) is 12.3 Å². The molecule has 0 fully saturated rings. The van der Waals surface area contributed by atoms with Gasteiger partial charge in [0.2, 0.25) is 0 Å². The number of nitrogens with zero attached hydrogens (tertiary/aromatic N) is 2. The van der Waals surface area contributed by atoms with Crippen LogP contribution in [0, 0.1) is 0 Å². The average Bonchev–Trinajstić information content (AvgIpc) is 2.53. The van der Waals surface area contributed by atoms with Gasteiger partial charge in [-0.05, 0) is 47.4 Å². The topological polar surface area (TPSA) is 46.0 Å². The molecule has 0 radical (unpaired) electrons. The molecule has 0 saturated carbocycles. The van der Waals surface area contributed by atoms with Crippen LogP contribution in [0.15, 0.2) is 41.9 Å². The molecule has 25 heavy (non-hydrogen) atoms. The van der Waals surface area contributed by atoms with Gasteiger partial charge in [0, 0.05) is 6.20 Å². The highest BCUT2D eigenvalue weighted by molar-refractivity contribution is 6.77. The Morgan fingerprint density at radius 2 is 1.76 bits per heavy atom. The SMILES string of the molecule is CC(C)=C[SiH2]c1cnc(-c2ccc(O)cn2)c([SiH](C(C)C)C(C)C)c1. The third kappa shape index (κ3) is 5.12. The maximum atomic E-state index is 9.55. The van der Waals surface area contributed by atoms with Crippen molar-refractivity contribution in [1.29, 1.82) is 0 Å². The molecule has 134 valence electrons. The summed E-state index contributed by atoms with van der Waals surface area (Å²) < 4.78 is 0. The van der Waals surface area contributed by atoms with Gasteiger partial charge < -0.3 is 5.11 Å². The Balaban J connectivity index is 2.57. The highest BCUT2D eigenvalue weighted by Crippen LogP contribution is 2.24. The standard InChI is InChI=1S/C20H30N2OSi2/c1-13(2)12-24-17-9-19(25(14(3)4)15(5)6)20(22-11-17)18-8-7-16(23)10-21-18/h7-12,14-15,23,25H,24H2,1-6H3. The minimum absolute atomic E-state index is 0.194. The smallest absolute Gasteiger partial charge is 0.133 e. The van der Waals surface area contributed by atoms with E-state index in [1.54, 1.807) is 6.07 Å². The molecule has 0 aliphatic heterocycles. The molecule has 2 heterocycles. The molecule has 0 saturated heterocycles. The Bertz CT molecular complexity index is 728. The summed E-state index contributed by atoms with van der Waals surface area (Å²) in [5.41, 5.74) is 6.98. The van der Waals surface area contributed by atoms with Gasteiger partial charge in [-0.15, -0.1) is 0 Å². The van der Waals surface area contributed by atoms with E-state index in [4.69, 9.17) is 4.98 Å². The molecule has 2 rings (SSSR count). The summed E-state index contributed by atoms with van der Waals surface area (Å²) in [6, 6.07) is 5.99. The number of rotatable bonds is 6. The summed E-state index contributed by atoms with van der Waals surface area (Å²) in [6.07, 6.45) is 3.54. The molecular weight excluding hydrogens is 340 g/mol. The van der Waals surface area contributed by atoms with E-state index in [9.17, 15) is 5.11 Å². The predicted molar refractivity (Wildman–Crippen MR) is 114 cm³/mol. The first-order valence-electron chi connectivity index (χ1n) is 9.07. The van der Waals surface area contributed by atoms with Gasteiger partial charge in [0.15, 0.2) is 0 Å². The van der Waals surface area contributed by atoms with E-state index in [0.717, 1.165) is 11.4 Å². The third-order valence-electron chi connectivity index (χ3n) is 4.51. The van der Waals surface area contributed by atoms with E-state index in [0.29, 0.717) is 11.1 Å². The zero-order valence-electron chi connectivity index (χ0n) is 16.2. The van der Waals surface area contributed by atoms with Crippen LogP contribution in [0.3, 0.4) is 0 Å². The number of aromatic hydroxyl groups is 1. The van der Waals surface area contributed by atoms with Crippen LogP contribution in [0.2, 0.25) is 11.1 Å². The van der Waals surface area contributed by atoms with Crippen LogP contribution >= 0.6 is 0 Å².